The summed E-state index contributed by atoms with van der Waals surface area (Å²) in [5.41, 5.74) is -1.24. The fourth-order valence-electron chi connectivity index (χ4n) is 3.94. The molecule has 4 nitrogen and oxygen atoms in total. The molecule has 2 unspecified atom stereocenters. The molecule has 1 N–H and O–H groups in total. The Bertz CT molecular complexity index is 650. The van der Waals surface area contributed by atoms with Crippen LogP contribution in [0.1, 0.15) is 50.0 Å². The summed E-state index contributed by atoms with van der Waals surface area (Å²) in [7, 11) is 1.51. The van der Waals surface area contributed by atoms with E-state index >= 15 is 0 Å². The highest BCUT2D eigenvalue weighted by atomic mass is 19.1. The minimum Gasteiger partial charge on any atom is -0.479 e. The van der Waals surface area contributed by atoms with Gasteiger partial charge in [0, 0.05) is 24.4 Å². The first kappa shape index (κ1) is 16.9. The van der Waals surface area contributed by atoms with Gasteiger partial charge in [0.1, 0.15) is 17.2 Å². The van der Waals surface area contributed by atoms with Gasteiger partial charge in [-0.2, -0.15) is 0 Å². The molecule has 6 heteroatoms. The lowest BCUT2D eigenvalue weighted by Crippen LogP contribution is -2.56. The van der Waals surface area contributed by atoms with Crippen LogP contribution in [0.3, 0.4) is 0 Å². The Morgan fingerprint density at radius 2 is 1.75 bits per heavy atom. The van der Waals surface area contributed by atoms with Crippen LogP contribution >= 0.6 is 0 Å². The minimum atomic E-state index is -1.18. The summed E-state index contributed by atoms with van der Waals surface area (Å²) < 4.78 is 27.8. The van der Waals surface area contributed by atoms with Gasteiger partial charge in [0.15, 0.2) is 0 Å². The largest absolute Gasteiger partial charge is 0.479 e. The van der Waals surface area contributed by atoms with Crippen molar-refractivity contribution in [3.05, 3.63) is 35.4 Å². The summed E-state index contributed by atoms with van der Waals surface area (Å²) in [5.74, 6) is -3.67. The molecule has 0 aromatic heterocycles. The highest BCUT2D eigenvalue weighted by Gasteiger charge is 2.53. The van der Waals surface area contributed by atoms with E-state index in [1.54, 1.807) is 0 Å². The molecule has 2 aliphatic carbocycles. The molecule has 0 heterocycles. The first-order chi connectivity index (χ1) is 11.4. The van der Waals surface area contributed by atoms with Crippen molar-refractivity contribution in [3.63, 3.8) is 0 Å². The second-order valence-corrected chi connectivity index (χ2v) is 6.88. The number of likely N-dealkylation sites (N-methyl/N-ethyl adjacent to an activating group) is 1. The molecule has 1 amide bonds. The lowest BCUT2D eigenvalue weighted by molar-refractivity contribution is -0.160. The quantitative estimate of drug-likeness (QED) is 0.917. The number of hydrogen-bond acceptors (Lipinski definition) is 2. The van der Waals surface area contributed by atoms with E-state index in [2.05, 4.69) is 0 Å². The van der Waals surface area contributed by atoms with Crippen molar-refractivity contribution in [2.75, 3.05) is 7.05 Å². The van der Waals surface area contributed by atoms with E-state index in [9.17, 15) is 23.5 Å². The predicted molar refractivity (Wildman–Crippen MR) is 83.4 cm³/mol. The van der Waals surface area contributed by atoms with E-state index in [-0.39, 0.29) is 11.5 Å². The number of carboxylic acids is 1. The number of amides is 1. The number of benzene rings is 1. The molecular formula is C18H21F2NO3. The first-order valence-corrected chi connectivity index (χ1v) is 8.33. The third kappa shape index (κ3) is 2.68. The summed E-state index contributed by atoms with van der Waals surface area (Å²) in [6.07, 6.45) is 3.70. The standard InChI is InChI=1S/C18H21F2NO3/c1-21(18(17(23)24)8-3-2-4-9-18)16(22)12-10-11(12)15-13(19)6-5-7-14(15)20/h5-7,11-12H,2-4,8-10H2,1H3,(H,23,24). The molecule has 3 rings (SSSR count). The topological polar surface area (TPSA) is 57.6 Å². The summed E-state index contributed by atoms with van der Waals surface area (Å²) >= 11 is 0. The number of carbonyl (C=O) groups is 2. The third-order valence-corrected chi connectivity index (χ3v) is 5.53. The maximum absolute atomic E-state index is 13.9. The van der Waals surface area contributed by atoms with Crippen molar-refractivity contribution < 1.29 is 23.5 Å². The molecule has 1 aromatic rings. The minimum absolute atomic E-state index is 0.0581. The molecule has 0 aliphatic heterocycles. The fraction of sp³-hybridized carbons (Fsp3) is 0.556. The SMILES string of the molecule is CN(C(=O)C1CC1c1c(F)cccc1F)C1(C(=O)O)CCCCC1. The molecule has 2 atom stereocenters. The van der Waals surface area contributed by atoms with Gasteiger partial charge in [-0.3, -0.25) is 4.79 Å². The molecule has 2 aliphatic rings. The number of carbonyl (C=O) groups excluding carboxylic acids is 1. The molecule has 0 spiro atoms. The van der Waals surface area contributed by atoms with E-state index in [4.69, 9.17) is 0 Å². The zero-order chi connectivity index (χ0) is 17.5. The highest BCUT2D eigenvalue weighted by Crippen LogP contribution is 2.51. The highest BCUT2D eigenvalue weighted by molar-refractivity contribution is 5.90. The van der Waals surface area contributed by atoms with Crippen molar-refractivity contribution in [1.82, 2.24) is 4.90 Å². The molecule has 2 saturated carbocycles. The number of carboxylic acid groups (broad SMARTS) is 1. The number of halogens is 2. The number of rotatable bonds is 4. The smallest absolute Gasteiger partial charge is 0.329 e. The van der Waals surface area contributed by atoms with E-state index in [0.29, 0.717) is 19.3 Å². The zero-order valence-corrected chi connectivity index (χ0v) is 13.6. The second-order valence-electron chi connectivity index (χ2n) is 6.88. The van der Waals surface area contributed by atoms with Gasteiger partial charge in [0.2, 0.25) is 5.91 Å². The zero-order valence-electron chi connectivity index (χ0n) is 13.6. The second kappa shape index (κ2) is 6.15. The number of hydrogen-bond donors (Lipinski definition) is 1. The third-order valence-electron chi connectivity index (χ3n) is 5.53. The van der Waals surface area contributed by atoms with Crippen LogP contribution in [0.2, 0.25) is 0 Å². The lowest BCUT2D eigenvalue weighted by atomic mass is 9.80. The van der Waals surface area contributed by atoms with Gasteiger partial charge in [-0.15, -0.1) is 0 Å². The van der Waals surface area contributed by atoms with Crippen molar-refractivity contribution in [2.45, 2.75) is 50.0 Å². The van der Waals surface area contributed by atoms with Crippen LogP contribution in [-0.4, -0.2) is 34.5 Å². The Morgan fingerprint density at radius 3 is 2.29 bits per heavy atom. The lowest BCUT2D eigenvalue weighted by Gasteiger charge is -2.41. The van der Waals surface area contributed by atoms with Crippen LogP contribution in [0, 0.1) is 17.6 Å². The molecule has 130 valence electrons. The molecular weight excluding hydrogens is 316 g/mol. The monoisotopic (exact) mass is 337 g/mol. The Labute approximate surface area is 139 Å². The van der Waals surface area contributed by atoms with Gasteiger partial charge in [0.25, 0.3) is 0 Å². The Hall–Kier alpha value is -1.98. The molecule has 0 bridgehead atoms. The van der Waals surface area contributed by atoms with Gasteiger partial charge >= 0.3 is 5.97 Å². The predicted octanol–water partition coefficient (Wildman–Crippen LogP) is 3.31. The Kier molecular flexibility index (Phi) is 4.32. The van der Waals surface area contributed by atoms with Crippen molar-refractivity contribution in [3.8, 4) is 0 Å². The maximum Gasteiger partial charge on any atom is 0.329 e. The van der Waals surface area contributed by atoms with Gasteiger partial charge in [-0.25, -0.2) is 13.6 Å². The summed E-state index contributed by atoms with van der Waals surface area (Å²) in [6, 6.07) is 3.66. The van der Waals surface area contributed by atoms with E-state index < -0.39 is 35.0 Å². The summed E-state index contributed by atoms with van der Waals surface area (Å²) in [4.78, 5) is 25.9. The van der Waals surface area contributed by atoms with Crippen LogP contribution in [0.25, 0.3) is 0 Å². The summed E-state index contributed by atoms with van der Waals surface area (Å²) in [5, 5.41) is 9.67. The first-order valence-electron chi connectivity index (χ1n) is 8.33. The van der Waals surface area contributed by atoms with Crippen LogP contribution in [0.5, 0.6) is 0 Å². The van der Waals surface area contributed by atoms with Crippen LogP contribution in [-0.2, 0) is 9.59 Å². The number of nitrogens with zero attached hydrogens (tertiary/aromatic N) is 1. The normalized spacial score (nSPS) is 25.1. The fourth-order valence-corrected chi connectivity index (χ4v) is 3.94. The van der Waals surface area contributed by atoms with Crippen molar-refractivity contribution >= 4 is 11.9 Å². The van der Waals surface area contributed by atoms with E-state index in [0.717, 1.165) is 19.3 Å². The summed E-state index contributed by atoms with van der Waals surface area (Å²) in [6.45, 7) is 0. The van der Waals surface area contributed by atoms with Gasteiger partial charge in [-0.05, 0) is 31.4 Å². The average molecular weight is 337 g/mol. The van der Waals surface area contributed by atoms with Gasteiger partial charge < -0.3 is 10.0 Å². The maximum atomic E-state index is 13.9. The van der Waals surface area contributed by atoms with Crippen LogP contribution in [0.4, 0.5) is 8.78 Å². The molecule has 2 fully saturated rings. The molecule has 0 radical (unpaired) electrons. The van der Waals surface area contributed by atoms with Crippen molar-refractivity contribution in [1.29, 1.82) is 0 Å². The Balaban J connectivity index is 1.79. The Morgan fingerprint density at radius 1 is 1.17 bits per heavy atom. The average Bonchev–Trinajstić information content (AvgIpc) is 3.34. The van der Waals surface area contributed by atoms with Crippen LogP contribution < -0.4 is 0 Å². The van der Waals surface area contributed by atoms with Gasteiger partial charge in [0.05, 0.1) is 0 Å². The van der Waals surface area contributed by atoms with Crippen molar-refractivity contribution in [2.24, 2.45) is 5.92 Å². The van der Waals surface area contributed by atoms with E-state index in [1.807, 2.05) is 0 Å². The molecule has 1 aromatic carbocycles. The van der Waals surface area contributed by atoms with Crippen LogP contribution in [0.15, 0.2) is 18.2 Å². The van der Waals surface area contributed by atoms with Gasteiger partial charge in [-0.1, -0.05) is 25.3 Å². The number of aliphatic carboxylic acids is 1. The molecule has 24 heavy (non-hydrogen) atoms. The van der Waals surface area contributed by atoms with E-state index in [1.165, 1.54) is 30.1 Å². The molecule has 0 saturated heterocycles.